The highest BCUT2D eigenvalue weighted by Gasteiger charge is 2.19. The van der Waals surface area contributed by atoms with Gasteiger partial charge >= 0.3 is 5.97 Å². The van der Waals surface area contributed by atoms with Crippen LogP contribution in [0.1, 0.15) is 28.3 Å². The van der Waals surface area contributed by atoms with E-state index < -0.39 is 5.97 Å². The van der Waals surface area contributed by atoms with E-state index in [1.54, 1.807) is 0 Å². The predicted molar refractivity (Wildman–Crippen MR) is 66.4 cm³/mol. The molecule has 0 aromatic carbocycles. The second-order valence-electron chi connectivity index (χ2n) is 4.35. The van der Waals surface area contributed by atoms with Gasteiger partial charge in [-0.2, -0.15) is 0 Å². The summed E-state index contributed by atoms with van der Waals surface area (Å²) >= 11 is 1.20. The summed E-state index contributed by atoms with van der Waals surface area (Å²) in [5.41, 5.74) is 0.855. The molecule has 2 heterocycles. The van der Waals surface area contributed by atoms with E-state index in [1.807, 2.05) is 5.38 Å². The highest BCUT2D eigenvalue weighted by atomic mass is 32.1. The fourth-order valence-electron chi connectivity index (χ4n) is 2.11. The summed E-state index contributed by atoms with van der Waals surface area (Å²) in [5.74, 6) is -0.939. The maximum atomic E-state index is 10.7. The molecule has 17 heavy (non-hydrogen) atoms. The quantitative estimate of drug-likeness (QED) is 0.841. The molecule has 1 saturated heterocycles. The Hall–Kier alpha value is -0.980. The Labute approximate surface area is 104 Å². The maximum absolute atomic E-state index is 10.7. The summed E-state index contributed by atoms with van der Waals surface area (Å²) in [6.45, 7) is 2.85. The van der Waals surface area contributed by atoms with Crippen molar-refractivity contribution >= 4 is 17.3 Å². The largest absolute Gasteiger partial charge is 0.476 e. The molecule has 94 valence electrons. The standard InChI is InChI=1S/C11H17N3O2S/c1-14(9-2-4-12-5-3-9)6-8-7-17-10(13-8)11(15)16/h7,9,12H,2-6H2,1H3,(H,15,16). The molecule has 0 spiro atoms. The van der Waals surface area contributed by atoms with Crippen LogP contribution >= 0.6 is 11.3 Å². The van der Waals surface area contributed by atoms with Gasteiger partial charge in [0.2, 0.25) is 5.01 Å². The van der Waals surface area contributed by atoms with Gasteiger partial charge in [-0.3, -0.25) is 4.90 Å². The number of carboxylic acid groups (broad SMARTS) is 1. The number of nitrogens with zero attached hydrogens (tertiary/aromatic N) is 2. The Balaban J connectivity index is 1.92. The van der Waals surface area contributed by atoms with Crippen LogP contribution in [0.4, 0.5) is 0 Å². The monoisotopic (exact) mass is 255 g/mol. The van der Waals surface area contributed by atoms with Gasteiger partial charge < -0.3 is 10.4 Å². The minimum atomic E-state index is -0.939. The average Bonchev–Trinajstić information content (AvgIpc) is 2.79. The molecular weight excluding hydrogens is 238 g/mol. The molecule has 0 bridgehead atoms. The molecule has 1 aromatic heterocycles. The van der Waals surface area contributed by atoms with Gasteiger partial charge in [-0.25, -0.2) is 9.78 Å². The van der Waals surface area contributed by atoms with Gasteiger partial charge in [0.25, 0.3) is 0 Å². The van der Waals surface area contributed by atoms with Crippen molar-refractivity contribution in [2.24, 2.45) is 0 Å². The number of aromatic nitrogens is 1. The highest BCUT2D eigenvalue weighted by molar-refractivity contribution is 7.11. The van der Waals surface area contributed by atoms with Gasteiger partial charge in [0, 0.05) is 18.0 Å². The fourth-order valence-corrected chi connectivity index (χ4v) is 2.76. The first-order valence-corrected chi connectivity index (χ1v) is 6.63. The smallest absolute Gasteiger partial charge is 0.365 e. The minimum absolute atomic E-state index is 0.179. The molecule has 6 heteroatoms. The molecule has 0 radical (unpaired) electrons. The number of hydrogen-bond acceptors (Lipinski definition) is 5. The number of carboxylic acids is 1. The molecule has 1 aliphatic rings. The van der Waals surface area contributed by atoms with Crippen LogP contribution in [-0.4, -0.2) is 47.1 Å². The highest BCUT2D eigenvalue weighted by Crippen LogP contribution is 2.15. The van der Waals surface area contributed by atoms with E-state index in [1.165, 1.54) is 11.3 Å². The van der Waals surface area contributed by atoms with Crippen LogP contribution in [0.3, 0.4) is 0 Å². The number of carbonyl (C=O) groups is 1. The van der Waals surface area contributed by atoms with E-state index in [-0.39, 0.29) is 5.01 Å². The zero-order chi connectivity index (χ0) is 12.3. The van der Waals surface area contributed by atoms with Crippen LogP contribution in [-0.2, 0) is 6.54 Å². The summed E-state index contributed by atoms with van der Waals surface area (Å²) in [5, 5.41) is 14.2. The van der Waals surface area contributed by atoms with Gasteiger partial charge in [0.1, 0.15) is 0 Å². The molecule has 1 fully saturated rings. The van der Waals surface area contributed by atoms with Crippen molar-refractivity contribution in [2.45, 2.75) is 25.4 Å². The lowest BCUT2D eigenvalue weighted by molar-refractivity contribution is 0.0696. The Kier molecular flexibility index (Phi) is 4.09. The fraction of sp³-hybridized carbons (Fsp3) is 0.636. The van der Waals surface area contributed by atoms with E-state index in [2.05, 4.69) is 22.2 Å². The summed E-state index contributed by atoms with van der Waals surface area (Å²) in [6.07, 6.45) is 2.29. The second kappa shape index (κ2) is 5.57. The Bertz CT molecular complexity index is 388. The van der Waals surface area contributed by atoms with E-state index in [9.17, 15) is 4.79 Å². The number of thiazole rings is 1. The first-order valence-electron chi connectivity index (χ1n) is 5.75. The lowest BCUT2D eigenvalue weighted by atomic mass is 10.1. The number of aromatic carboxylic acids is 1. The summed E-state index contributed by atoms with van der Waals surface area (Å²) < 4.78 is 0. The van der Waals surface area contributed by atoms with Gasteiger partial charge in [0.15, 0.2) is 0 Å². The first kappa shape index (κ1) is 12.5. The third-order valence-corrected chi connectivity index (χ3v) is 3.96. The third-order valence-electron chi connectivity index (χ3n) is 3.08. The van der Waals surface area contributed by atoms with Crippen molar-refractivity contribution in [3.05, 3.63) is 16.1 Å². The van der Waals surface area contributed by atoms with Crippen LogP contribution in [0.25, 0.3) is 0 Å². The number of hydrogen-bond donors (Lipinski definition) is 2. The summed E-state index contributed by atoms with van der Waals surface area (Å²) in [7, 11) is 2.08. The maximum Gasteiger partial charge on any atom is 0.365 e. The van der Waals surface area contributed by atoms with Crippen LogP contribution in [0.5, 0.6) is 0 Å². The van der Waals surface area contributed by atoms with E-state index >= 15 is 0 Å². The Morgan fingerprint density at radius 3 is 2.94 bits per heavy atom. The summed E-state index contributed by atoms with van der Waals surface area (Å²) in [4.78, 5) is 17.1. The number of nitrogens with one attached hydrogen (secondary N) is 1. The van der Waals surface area contributed by atoms with Gasteiger partial charge in [-0.1, -0.05) is 0 Å². The third kappa shape index (κ3) is 3.24. The molecule has 1 aromatic rings. The zero-order valence-electron chi connectivity index (χ0n) is 9.85. The summed E-state index contributed by atoms with van der Waals surface area (Å²) in [6, 6.07) is 0.575. The zero-order valence-corrected chi connectivity index (χ0v) is 10.7. The molecule has 0 atom stereocenters. The Morgan fingerprint density at radius 1 is 1.65 bits per heavy atom. The van der Waals surface area contributed by atoms with Crippen molar-refractivity contribution in [1.29, 1.82) is 0 Å². The van der Waals surface area contributed by atoms with Gasteiger partial charge in [-0.05, 0) is 33.0 Å². The molecule has 0 saturated carbocycles. The van der Waals surface area contributed by atoms with Crippen LogP contribution in [0, 0.1) is 0 Å². The van der Waals surface area contributed by atoms with E-state index in [0.29, 0.717) is 6.04 Å². The topological polar surface area (TPSA) is 65.5 Å². The van der Waals surface area contributed by atoms with Crippen LogP contribution in [0.2, 0.25) is 0 Å². The lowest BCUT2D eigenvalue weighted by Crippen LogP contribution is -2.40. The number of piperidine rings is 1. The molecule has 2 N–H and O–H groups in total. The molecule has 0 unspecified atom stereocenters. The van der Waals surface area contributed by atoms with E-state index in [4.69, 9.17) is 5.11 Å². The van der Waals surface area contributed by atoms with Crippen LogP contribution < -0.4 is 5.32 Å². The van der Waals surface area contributed by atoms with Gasteiger partial charge in [0.05, 0.1) is 5.69 Å². The second-order valence-corrected chi connectivity index (χ2v) is 5.20. The molecule has 5 nitrogen and oxygen atoms in total. The first-order chi connectivity index (χ1) is 8.16. The molecule has 0 aliphatic carbocycles. The van der Waals surface area contributed by atoms with Crippen molar-refractivity contribution in [3.8, 4) is 0 Å². The van der Waals surface area contributed by atoms with Crippen molar-refractivity contribution in [2.75, 3.05) is 20.1 Å². The van der Waals surface area contributed by atoms with Crippen LogP contribution in [0.15, 0.2) is 5.38 Å². The number of rotatable bonds is 4. The molecular formula is C11H17N3O2S. The SMILES string of the molecule is CN(Cc1csc(C(=O)O)n1)C1CCNCC1. The van der Waals surface area contributed by atoms with Crippen molar-refractivity contribution in [1.82, 2.24) is 15.2 Å². The lowest BCUT2D eigenvalue weighted by Gasteiger charge is -2.31. The average molecular weight is 255 g/mol. The van der Waals surface area contributed by atoms with Crippen molar-refractivity contribution in [3.63, 3.8) is 0 Å². The Morgan fingerprint density at radius 2 is 2.35 bits per heavy atom. The minimum Gasteiger partial charge on any atom is -0.476 e. The van der Waals surface area contributed by atoms with Crippen molar-refractivity contribution < 1.29 is 9.90 Å². The molecule has 0 amide bonds. The normalized spacial score (nSPS) is 17.5. The van der Waals surface area contributed by atoms with Gasteiger partial charge in [-0.15, -0.1) is 11.3 Å². The van der Waals surface area contributed by atoms with E-state index in [0.717, 1.165) is 38.2 Å². The molecule has 2 rings (SSSR count). The molecule has 1 aliphatic heterocycles. The predicted octanol–water partition coefficient (Wildman–Crippen LogP) is 1.03.